The second-order valence-corrected chi connectivity index (χ2v) is 6.88. The zero-order chi connectivity index (χ0) is 19.0. The second kappa shape index (κ2) is 6.96. The molecular formula is C20H18ClN3O3. The van der Waals surface area contributed by atoms with Crippen LogP contribution in [0.15, 0.2) is 42.5 Å². The van der Waals surface area contributed by atoms with Crippen LogP contribution in [0, 0.1) is 0 Å². The Morgan fingerprint density at radius 1 is 1.22 bits per heavy atom. The van der Waals surface area contributed by atoms with Crippen molar-refractivity contribution < 1.29 is 14.3 Å². The number of hydrogen-bond donors (Lipinski definition) is 3. The lowest BCUT2D eigenvalue weighted by Gasteiger charge is -2.26. The van der Waals surface area contributed by atoms with Crippen molar-refractivity contribution in [2.45, 2.75) is 26.0 Å². The van der Waals surface area contributed by atoms with Crippen LogP contribution < -0.4 is 15.4 Å². The monoisotopic (exact) mass is 383 g/mol. The van der Waals surface area contributed by atoms with E-state index in [9.17, 15) is 9.59 Å². The van der Waals surface area contributed by atoms with Gasteiger partial charge in [-0.3, -0.25) is 9.59 Å². The predicted octanol–water partition coefficient (Wildman–Crippen LogP) is 4.32. The van der Waals surface area contributed by atoms with Crippen molar-refractivity contribution >= 4 is 40.0 Å². The summed E-state index contributed by atoms with van der Waals surface area (Å²) >= 11 is 5.98. The van der Waals surface area contributed by atoms with E-state index in [1.165, 1.54) is 0 Å². The lowest BCUT2D eigenvalue weighted by molar-refractivity contribution is 0.0738. The van der Waals surface area contributed by atoms with Crippen molar-refractivity contribution in [1.82, 2.24) is 10.3 Å². The number of amides is 2. The number of ether oxygens (including phenoxy) is 1. The fourth-order valence-electron chi connectivity index (χ4n) is 3.11. The average molecular weight is 384 g/mol. The second-order valence-electron chi connectivity index (χ2n) is 6.45. The highest BCUT2D eigenvalue weighted by Gasteiger charge is 2.25. The van der Waals surface area contributed by atoms with Crippen molar-refractivity contribution in [3.8, 4) is 5.75 Å². The van der Waals surface area contributed by atoms with Crippen LogP contribution in [-0.2, 0) is 0 Å². The molecule has 27 heavy (non-hydrogen) atoms. The molecule has 1 aliphatic rings. The molecule has 3 N–H and O–H groups in total. The Morgan fingerprint density at radius 2 is 2.07 bits per heavy atom. The first-order valence-electron chi connectivity index (χ1n) is 8.74. The quantitative estimate of drug-likeness (QED) is 0.627. The van der Waals surface area contributed by atoms with Gasteiger partial charge in [0.15, 0.2) is 6.23 Å². The highest BCUT2D eigenvalue weighted by atomic mass is 35.5. The maximum atomic E-state index is 12.5. The van der Waals surface area contributed by atoms with Crippen LogP contribution in [0.4, 0.5) is 5.69 Å². The lowest BCUT2D eigenvalue weighted by Crippen LogP contribution is -2.43. The highest BCUT2D eigenvalue weighted by Crippen LogP contribution is 2.28. The molecule has 2 heterocycles. The third-order valence-electron chi connectivity index (χ3n) is 4.42. The maximum absolute atomic E-state index is 12.5. The number of carbonyl (C=O) groups is 2. The summed E-state index contributed by atoms with van der Waals surface area (Å²) < 4.78 is 5.78. The number of nitrogens with one attached hydrogen (secondary N) is 3. The molecule has 2 amide bonds. The minimum Gasteiger partial charge on any atom is -0.470 e. The number of anilines is 1. The summed E-state index contributed by atoms with van der Waals surface area (Å²) in [5.74, 6) is 0.0183. The van der Waals surface area contributed by atoms with Gasteiger partial charge in [-0.15, -0.1) is 0 Å². The van der Waals surface area contributed by atoms with Gasteiger partial charge in [0.25, 0.3) is 11.8 Å². The van der Waals surface area contributed by atoms with Gasteiger partial charge < -0.3 is 20.4 Å². The van der Waals surface area contributed by atoms with Gasteiger partial charge in [0, 0.05) is 28.0 Å². The van der Waals surface area contributed by atoms with E-state index in [0.29, 0.717) is 27.7 Å². The van der Waals surface area contributed by atoms with E-state index in [1.807, 2.05) is 13.0 Å². The van der Waals surface area contributed by atoms with Gasteiger partial charge >= 0.3 is 0 Å². The van der Waals surface area contributed by atoms with Crippen LogP contribution in [0.5, 0.6) is 5.75 Å². The number of carbonyl (C=O) groups excluding carboxylic acids is 2. The van der Waals surface area contributed by atoms with Gasteiger partial charge in [-0.25, -0.2) is 0 Å². The molecule has 1 aromatic heterocycles. The van der Waals surface area contributed by atoms with Crippen LogP contribution in [-0.4, -0.2) is 23.0 Å². The van der Waals surface area contributed by atoms with Gasteiger partial charge in [-0.1, -0.05) is 24.9 Å². The van der Waals surface area contributed by atoms with Gasteiger partial charge in [-0.05, 0) is 42.5 Å². The molecule has 4 rings (SSSR count). The van der Waals surface area contributed by atoms with Gasteiger partial charge in [-0.2, -0.15) is 0 Å². The summed E-state index contributed by atoms with van der Waals surface area (Å²) in [7, 11) is 0. The molecule has 7 heteroatoms. The van der Waals surface area contributed by atoms with E-state index >= 15 is 0 Å². The lowest BCUT2D eigenvalue weighted by atomic mass is 10.1. The zero-order valence-corrected chi connectivity index (χ0v) is 15.4. The molecule has 3 aromatic rings. The first-order valence-corrected chi connectivity index (χ1v) is 9.12. The van der Waals surface area contributed by atoms with E-state index in [2.05, 4.69) is 15.6 Å². The summed E-state index contributed by atoms with van der Waals surface area (Å²) in [4.78, 5) is 27.9. The number of benzene rings is 2. The number of aromatic nitrogens is 1. The van der Waals surface area contributed by atoms with E-state index in [4.69, 9.17) is 16.3 Å². The predicted molar refractivity (Wildman–Crippen MR) is 104 cm³/mol. The Labute approximate surface area is 160 Å². The summed E-state index contributed by atoms with van der Waals surface area (Å²) in [5.41, 5.74) is 2.16. The third-order valence-corrected chi connectivity index (χ3v) is 4.66. The van der Waals surface area contributed by atoms with E-state index < -0.39 is 0 Å². The number of halogens is 1. The fourth-order valence-corrected chi connectivity index (χ4v) is 3.29. The Kier molecular flexibility index (Phi) is 4.49. The minimum atomic E-state index is -0.311. The molecule has 0 aliphatic carbocycles. The van der Waals surface area contributed by atoms with Crippen molar-refractivity contribution in [3.63, 3.8) is 0 Å². The SMILES string of the molecule is CCCC1NC(=O)c2cc(NC(=O)c3cc4cc(Cl)ccc4[nH]3)ccc2O1. The molecule has 0 saturated heterocycles. The van der Waals surface area contributed by atoms with Crippen LogP contribution in [0.2, 0.25) is 5.02 Å². The summed E-state index contributed by atoms with van der Waals surface area (Å²) in [6, 6.07) is 12.1. The van der Waals surface area contributed by atoms with Crippen LogP contribution >= 0.6 is 11.6 Å². The van der Waals surface area contributed by atoms with Gasteiger partial charge in [0.05, 0.1) is 5.56 Å². The molecule has 1 unspecified atom stereocenters. The van der Waals surface area contributed by atoms with Crippen molar-refractivity contribution in [1.29, 1.82) is 0 Å². The smallest absolute Gasteiger partial charge is 0.272 e. The maximum Gasteiger partial charge on any atom is 0.272 e. The number of hydrogen-bond acceptors (Lipinski definition) is 3. The molecule has 1 aliphatic heterocycles. The fraction of sp³-hybridized carbons (Fsp3) is 0.200. The highest BCUT2D eigenvalue weighted by molar-refractivity contribution is 6.31. The van der Waals surface area contributed by atoms with E-state index in [1.54, 1.807) is 36.4 Å². The molecule has 2 aromatic carbocycles. The van der Waals surface area contributed by atoms with Crippen molar-refractivity contribution in [2.75, 3.05) is 5.32 Å². The first kappa shape index (κ1) is 17.4. The number of fused-ring (bicyclic) bond motifs is 2. The Hall–Kier alpha value is -2.99. The molecule has 0 radical (unpaired) electrons. The van der Waals surface area contributed by atoms with Crippen molar-refractivity contribution in [2.24, 2.45) is 0 Å². The molecule has 0 bridgehead atoms. The molecule has 6 nitrogen and oxygen atoms in total. The number of H-pyrrole nitrogens is 1. The number of rotatable bonds is 4. The number of aromatic amines is 1. The van der Waals surface area contributed by atoms with Gasteiger partial charge in [0.2, 0.25) is 0 Å². The largest absolute Gasteiger partial charge is 0.470 e. The van der Waals surface area contributed by atoms with Crippen LogP contribution in [0.3, 0.4) is 0 Å². The molecule has 0 spiro atoms. The summed E-state index contributed by atoms with van der Waals surface area (Å²) in [6.07, 6.45) is 1.34. The Bertz CT molecular complexity index is 1040. The molecule has 138 valence electrons. The molecular weight excluding hydrogens is 366 g/mol. The average Bonchev–Trinajstić information content (AvgIpc) is 3.06. The molecule has 1 atom stereocenters. The normalized spacial score (nSPS) is 15.8. The Balaban J connectivity index is 1.55. The first-order chi connectivity index (χ1) is 13.0. The topological polar surface area (TPSA) is 83.2 Å². The van der Waals surface area contributed by atoms with Crippen LogP contribution in [0.25, 0.3) is 10.9 Å². The standard InChI is InChI=1S/C20H18ClN3O3/c1-2-3-18-24-19(25)14-10-13(5-7-17(14)27-18)22-20(26)16-9-11-8-12(21)4-6-15(11)23-16/h4-10,18,23H,2-3H2,1H3,(H,22,26)(H,24,25). The summed E-state index contributed by atoms with van der Waals surface area (Å²) in [5, 5.41) is 7.08. The van der Waals surface area contributed by atoms with Crippen LogP contribution in [0.1, 0.15) is 40.6 Å². The van der Waals surface area contributed by atoms with Crippen molar-refractivity contribution in [3.05, 3.63) is 58.7 Å². The molecule has 0 saturated carbocycles. The third kappa shape index (κ3) is 3.48. The van der Waals surface area contributed by atoms with Gasteiger partial charge in [0.1, 0.15) is 11.4 Å². The zero-order valence-electron chi connectivity index (χ0n) is 14.6. The minimum absolute atomic E-state index is 0.203. The molecule has 0 fully saturated rings. The van der Waals surface area contributed by atoms with E-state index in [0.717, 1.165) is 23.7 Å². The van der Waals surface area contributed by atoms with E-state index in [-0.39, 0.29) is 18.0 Å². The summed E-state index contributed by atoms with van der Waals surface area (Å²) in [6.45, 7) is 2.03. The Morgan fingerprint density at radius 3 is 2.89 bits per heavy atom.